The largest absolute Gasteiger partial charge is 0.265 e. The third-order valence-electron chi connectivity index (χ3n) is 4.78. The molecule has 2 aliphatic rings. The minimum atomic E-state index is 1.12. The molecule has 1 aromatic rings. The summed E-state index contributed by atoms with van der Waals surface area (Å²) in [5.74, 6) is 2.81. The molecule has 0 N–H and O–H groups in total. The van der Waals surface area contributed by atoms with Crippen LogP contribution >= 0.6 is 0 Å². The van der Waals surface area contributed by atoms with Crippen LogP contribution in [0.15, 0.2) is 42.6 Å². The highest BCUT2D eigenvalue weighted by Crippen LogP contribution is 2.27. The first-order valence-electron chi connectivity index (χ1n) is 8.24. The van der Waals surface area contributed by atoms with E-state index in [0.29, 0.717) is 0 Å². The third-order valence-corrected chi connectivity index (χ3v) is 4.78. The van der Waals surface area contributed by atoms with Crippen molar-refractivity contribution in [1.29, 1.82) is 0 Å². The maximum atomic E-state index is 4.42. The second-order valence-corrected chi connectivity index (χ2v) is 6.16. The highest BCUT2D eigenvalue weighted by atomic mass is 15.3. The topological polar surface area (TPSA) is 6.25 Å². The number of amidine groups is 1. The Balaban J connectivity index is 1.83. The van der Waals surface area contributed by atoms with Crippen LogP contribution in [0, 0.1) is 5.92 Å². The van der Waals surface area contributed by atoms with E-state index in [9.17, 15) is 0 Å². The van der Waals surface area contributed by atoms with Crippen LogP contribution in [0.3, 0.4) is 0 Å². The molecule has 0 saturated carbocycles. The van der Waals surface area contributed by atoms with Crippen molar-refractivity contribution in [1.82, 2.24) is 4.90 Å². The smallest absolute Gasteiger partial charge is 0.250 e. The monoisotopic (exact) mass is 282 g/mol. The molecule has 0 saturated heterocycles. The van der Waals surface area contributed by atoms with Gasteiger partial charge in [0.1, 0.15) is 0 Å². The van der Waals surface area contributed by atoms with Crippen LogP contribution in [0.5, 0.6) is 0 Å². The van der Waals surface area contributed by atoms with Gasteiger partial charge in [0.2, 0.25) is 0 Å². The van der Waals surface area contributed by atoms with Gasteiger partial charge in [0.25, 0.3) is 5.84 Å². The quantitative estimate of drug-likeness (QED) is 0.603. The number of benzene rings is 1. The van der Waals surface area contributed by atoms with E-state index in [1.807, 2.05) is 0 Å². The van der Waals surface area contributed by atoms with Gasteiger partial charge in [-0.25, -0.2) is 4.90 Å². The van der Waals surface area contributed by atoms with E-state index in [1.54, 1.807) is 0 Å². The zero-order valence-electron chi connectivity index (χ0n) is 13.1. The number of hydrogen-bond donors (Lipinski definition) is 0. The van der Waals surface area contributed by atoms with Crippen LogP contribution in [-0.2, 0) is 0 Å². The van der Waals surface area contributed by atoms with Crippen LogP contribution in [-0.4, -0.2) is 34.9 Å². The first-order chi connectivity index (χ1) is 10.3. The molecule has 0 radical (unpaired) electrons. The minimum absolute atomic E-state index is 1.12. The van der Waals surface area contributed by atoms with E-state index in [1.165, 1.54) is 68.2 Å². The number of allylic oxidation sites excluding steroid dienone is 1. The number of rotatable bonds is 3. The Morgan fingerprint density at radius 2 is 1.86 bits per heavy atom. The van der Waals surface area contributed by atoms with E-state index < -0.39 is 0 Å². The molecule has 0 aliphatic carbocycles. The first kappa shape index (κ1) is 14.2. The van der Waals surface area contributed by atoms with Crippen molar-refractivity contribution in [2.75, 3.05) is 19.6 Å². The van der Waals surface area contributed by atoms with Gasteiger partial charge in [0, 0.05) is 18.5 Å². The Morgan fingerprint density at radius 1 is 1.10 bits per heavy atom. The lowest BCUT2D eigenvalue weighted by atomic mass is 9.96. The molecule has 0 fully saturated rings. The van der Waals surface area contributed by atoms with Gasteiger partial charge in [-0.3, -0.25) is 4.58 Å². The van der Waals surface area contributed by atoms with Gasteiger partial charge in [-0.15, -0.1) is 36.4 Å². The second-order valence-electron chi connectivity index (χ2n) is 6.16. The van der Waals surface area contributed by atoms with Gasteiger partial charge >= 0.3 is 0 Å². The summed E-state index contributed by atoms with van der Waals surface area (Å²) in [6.07, 6.45) is 6.47. The normalized spacial score (nSPS) is 19.0. The maximum Gasteiger partial charge on any atom is 0.250 e. The molecule has 0 unspecified atom stereocenters. The summed E-state index contributed by atoms with van der Waals surface area (Å²) in [5, 5.41) is 0. The molecular formula is C19H26N2. The van der Waals surface area contributed by atoms with Crippen molar-refractivity contribution in [2.24, 2.45) is 0 Å². The highest BCUT2D eigenvalue weighted by Gasteiger charge is 2.30. The predicted molar refractivity (Wildman–Crippen MR) is 88.4 cm³/mol. The molecule has 0 amide bonds. The fraction of sp³-hybridized carbons (Fsp3) is 0.474. The van der Waals surface area contributed by atoms with Gasteiger partial charge < -0.3 is 0 Å². The van der Waals surface area contributed by atoms with Crippen molar-refractivity contribution in [3.8, 4) is 0 Å². The van der Waals surface area contributed by atoms with Crippen LogP contribution in [0.2, 0.25) is 0 Å². The molecular weight excluding hydrogens is 256 g/mol. The SMILES string of the molecule is C=C([C-](C)c1ccccc1)N1CCC[N+]2=C1CCCCC2. The summed E-state index contributed by atoms with van der Waals surface area (Å²) >= 11 is 0. The molecule has 0 spiro atoms. The van der Waals surface area contributed by atoms with Gasteiger partial charge in [0.15, 0.2) is 0 Å². The number of nitrogens with zero attached hydrogens (tertiary/aromatic N) is 2. The van der Waals surface area contributed by atoms with Crippen LogP contribution < -0.4 is 0 Å². The Bertz CT molecular complexity index is 530. The Kier molecular flexibility index (Phi) is 4.33. The molecule has 0 bridgehead atoms. The molecule has 1 aromatic carbocycles. The van der Waals surface area contributed by atoms with E-state index in [2.05, 4.69) is 53.3 Å². The molecule has 2 heterocycles. The Labute approximate surface area is 128 Å². The van der Waals surface area contributed by atoms with E-state index >= 15 is 0 Å². The zero-order chi connectivity index (χ0) is 14.7. The van der Waals surface area contributed by atoms with Gasteiger partial charge in [0.05, 0.1) is 19.6 Å². The number of hydrogen-bond acceptors (Lipinski definition) is 1. The summed E-state index contributed by atoms with van der Waals surface area (Å²) in [6, 6.07) is 10.6. The molecule has 0 atom stereocenters. The third kappa shape index (κ3) is 2.99. The summed E-state index contributed by atoms with van der Waals surface area (Å²) in [4.78, 5) is 2.48. The molecule has 2 nitrogen and oxygen atoms in total. The van der Waals surface area contributed by atoms with Crippen molar-refractivity contribution < 1.29 is 4.58 Å². The minimum Gasteiger partial charge on any atom is -0.265 e. The van der Waals surface area contributed by atoms with Gasteiger partial charge in [-0.05, 0) is 19.3 Å². The summed E-state index contributed by atoms with van der Waals surface area (Å²) in [6.45, 7) is 10.2. The van der Waals surface area contributed by atoms with Crippen LogP contribution in [0.25, 0.3) is 0 Å². The Morgan fingerprint density at radius 3 is 2.67 bits per heavy atom. The first-order valence-corrected chi connectivity index (χ1v) is 8.24. The molecule has 112 valence electrons. The summed E-state index contributed by atoms with van der Waals surface area (Å²) < 4.78 is 2.60. The lowest BCUT2D eigenvalue weighted by Crippen LogP contribution is -2.44. The average molecular weight is 282 g/mol. The molecule has 2 heteroatoms. The van der Waals surface area contributed by atoms with Crippen molar-refractivity contribution in [3.63, 3.8) is 0 Å². The second kappa shape index (κ2) is 6.38. The van der Waals surface area contributed by atoms with Gasteiger partial charge in [-0.2, -0.15) is 0 Å². The standard InChI is InChI=1S/C19H26N2/c1-16(18-10-5-3-6-11-18)17(2)21-15-9-14-20-13-8-4-7-12-19(20)21/h3,5-6,10-11H,2,4,7-9,12-15H2,1H3. The fourth-order valence-corrected chi connectivity index (χ4v) is 3.49. The molecule has 2 aliphatic heterocycles. The fourth-order valence-electron chi connectivity index (χ4n) is 3.49. The van der Waals surface area contributed by atoms with E-state index in [0.717, 1.165) is 6.54 Å². The Hall–Kier alpha value is -1.70. The maximum absolute atomic E-state index is 4.42. The van der Waals surface area contributed by atoms with Crippen LogP contribution in [0.1, 0.15) is 44.6 Å². The van der Waals surface area contributed by atoms with Crippen LogP contribution in [0.4, 0.5) is 0 Å². The zero-order valence-corrected chi connectivity index (χ0v) is 13.1. The molecule has 0 aromatic heterocycles. The van der Waals surface area contributed by atoms with Crippen molar-refractivity contribution in [2.45, 2.75) is 39.0 Å². The van der Waals surface area contributed by atoms with E-state index in [-0.39, 0.29) is 0 Å². The average Bonchev–Trinajstić information content (AvgIpc) is 2.79. The molecule has 21 heavy (non-hydrogen) atoms. The summed E-state index contributed by atoms with van der Waals surface area (Å²) in [7, 11) is 0. The van der Waals surface area contributed by atoms with Crippen molar-refractivity contribution in [3.05, 3.63) is 54.1 Å². The predicted octanol–water partition coefficient (Wildman–Crippen LogP) is 3.83. The molecule has 3 rings (SSSR count). The van der Waals surface area contributed by atoms with Crippen molar-refractivity contribution >= 4 is 5.84 Å². The lowest BCUT2D eigenvalue weighted by molar-refractivity contribution is -0.538. The van der Waals surface area contributed by atoms with Gasteiger partial charge in [-0.1, -0.05) is 18.9 Å². The summed E-state index contributed by atoms with van der Waals surface area (Å²) in [5.41, 5.74) is 2.47. The highest BCUT2D eigenvalue weighted by molar-refractivity contribution is 5.80. The lowest BCUT2D eigenvalue weighted by Gasteiger charge is -2.33. The van der Waals surface area contributed by atoms with E-state index in [4.69, 9.17) is 0 Å².